The molecule has 3 aliphatic carbocycles. The van der Waals surface area contributed by atoms with Gasteiger partial charge in [0.2, 0.25) is 5.91 Å². The minimum Gasteiger partial charge on any atom is -0.496 e. The van der Waals surface area contributed by atoms with Crippen molar-refractivity contribution >= 4 is 29.1 Å². The molecule has 53 heavy (non-hydrogen) atoms. The highest BCUT2D eigenvalue weighted by Crippen LogP contribution is 2.61. The monoisotopic (exact) mass is 746 g/mol. The first-order valence-corrected chi connectivity index (χ1v) is 19.2. The predicted octanol–water partition coefficient (Wildman–Crippen LogP) is 5.71. The number of hydroxylamine groups is 2. The summed E-state index contributed by atoms with van der Waals surface area (Å²) in [4.78, 5) is 35.9. The number of aliphatic hydroxyl groups is 2. The number of rotatable bonds is 13. The smallest absolute Gasteiger partial charge is 0.251 e. The number of anilines is 1. The molecule has 2 amide bonds. The molecule has 0 radical (unpaired) electrons. The van der Waals surface area contributed by atoms with Crippen LogP contribution in [0.15, 0.2) is 60.7 Å². The molecule has 3 aromatic rings. The van der Waals surface area contributed by atoms with Crippen molar-refractivity contribution in [1.82, 2.24) is 15.7 Å². The lowest BCUT2D eigenvalue weighted by Gasteiger charge is -2.62. The van der Waals surface area contributed by atoms with E-state index in [0.29, 0.717) is 47.1 Å². The van der Waals surface area contributed by atoms with Gasteiger partial charge in [0.15, 0.2) is 0 Å². The van der Waals surface area contributed by atoms with Crippen LogP contribution in [-0.2, 0) is 22.6 Å². The molecular weight excluding hydrogens is 692 g/mol. The van der Waals surface area contributed by atoms with E-state index in [1.807, 2.05) is 79.7 Å². The number of nitrogens with one attached hydrogen (secondary N) is 2. The maximum absolute atomic E-state index is 14.2. The topological polar surface area (TPSA) is 124 Å². The van der Waals surface area contributed by atoms with Gasteiger partial charge in [-0.25, -0.2) is 0 Å². The van der Waals surface area contributed by atoms with Gasteiger partial charge in [0.25, 0.3) is 5.91 Å². The largest absolute Gasteiger partial charge is 0.496 e. The van der Waals surface area contributed by atoms with Crippen molar-refractivity contribution in [2.24, 2.45) is 29.1 Å². The molecule has 4 N–H and O–H groups in total. The van der Waals surface area contributed by atoms with Crippen molar-refractivity contribution in [3.63, 3.8) is 0 Å². The Labute approximate surface area is 318 Å². The fourth-order valence-corrected chi connectivity index (χ4v) is 9.33. The third-order valence-corrected chi connectivity index (χ3v) is 12.7. The zero-order chi connectivity index (χ0) is 38.2. The number of hydrogen-bond acceptors (Lipinski definition) is 8. The number of carbonyl (C=O) groups is 2. The van der Waals surface area contributed by atoms with Crippen molar-refractivity contribution in [2.75, 3.05) is 39.3 Å². The summed E-state index contributed by atoms with van der Waals surface area (Å²) in [5.41, 5.74) is 4.89. The van der Waals surface area contributed by atoms with Crippen LogP contribution in [-0.4, -0.2) is 85.7 Å². The number of para-hydroxylation sites is 1. The number of halogens is 1. The molecule has 4 fully saturated rings. The number of benzene rings is 3. The SMILES string of the molecule is COc1c(CN2OC(CO)[C@@H]([C@H](C)O)[C@H]2C(=O)N[C@H]2C[C@H]3C[C@@H]([C@@H]2C)C3(C)C)cccc1-c1cc(C(=O)NCCc2ccccc2Cl)cc(N(C)C)c1. The molecule has 8 atom stereocenters. The van der Waals surface area contributed by atoms with Gasteiger partial charge in [-0.15, -0.1) is 0 Å². The van der Waals surface area contributed by atoms with Crippen molar-refractivity contribution in [3.8, 4) is 16.9 Å². The average molecular weight is 747 g/mol. The molecule has 1 unspecified atom stereocenters. The predicted molar refractivity (Wildman–Crippen MR) is 208 cm³/mol. The van der Waals surface area contributed by atoms with Crippen LogP contribution in [0.5, 0.6) is 5.75 Å². The van der Waals surface area contributed by atoms with E-state index in [4.69, 9.17) is 21.2 Å². The fourth-order valence-electron chi connectivity index (χ4n) is 9.10. The second-order valence-electron chi connectivity index (χ2n) is 16.0. The molecule has 7 rings (SSSR count). The lowest BCUT2D eigenvalue weighted by Crippen LogP contribution is -2.62. The van der Waals surface area contributed by atoms with Gasteiger partial charge < -0.3 is 30.5 Å². The van der Waals surface area contributed by atoms with E-state index < -0.39 is 24.2 Å². The minimum atomic E-state index is -0.903. The number of methoxy groups -OCH3 is 1. The molecule has 0 spiro atoms. The van der Waals surface area contributed by atoms with Crippen LogP contribution < -0.4 is 20.3 Å². The zero-order valence-corrected chi connectivity index (χ0v) is 32.7. The van der Waals surface area contributed by atoms with Crippen molar-refractivity contribution in [1.29, 1.82) is 0 Å². The number of nitrogens with zero attached hydrogens (tertiary/aromatic N) is 2. The first kappa shape index (κ1) is 39.0. The molecule has 4 aliphatic rings. The fraction of sp³-hybridized carbons (Fsp3) is 0.524. The second-order valence-corrected chi connectivity index (χ2v) is 16.4. The van der Waals surface area contributed by atoms with Gasteiger partial charge in [-0.2, -0.15) is 5.06 Å². The summed E-state index contributed by atoms with van der Waals surface area (Å²) >= 11 is 6.33. The van der Waals surface area contributed by atoms with Gasteiger partial charge in [0.1, 0.15) is 17.9 Å². The molecule has 10 nitrogen and oxygen atoms in total. The Morgan fingerprint density at radius 2 is 1.83 bits per heavy atom. The highest BCUT2D eigenvalue weighted by atomic mass is 35.5. The maximum atomic E-state index is 14.2. The van der Waals surface area contributed by atoms with E-state index in [-0.39, 0.29) is 36.4 Å². The standard InChI is InChI=1S/C42H55ClN4O6/c1-24-33-20-30(42(33,3)4)21-35(24)45-41(51)38-37(25(2)49)36(23-48)53-47(38)22-27-12-10-13-32(39(27)52-7)28-17-29(19-31(18-28)46(5)6)40(50)44-16-15-26-11-8-9-14-34(26)43/h8-14,17-19,24-25,30,33,35-38,48-49H,15-16,20-23H2,1-7H3,(H,44,50)(H,45,51)/t24-,25-,30+,33-,35-,36?,37+,38-/m0/s1. The van der Waals surface area contributed by atoms with E-state index in [1.54, 1.807) is 19.1 Å². The molecule has 286 valence electrons. The quantitative estimate of drug-likeness (QED) is 0.175. The van der Waals surface area contributed by atoms with E-state index in [9.17, 15) is 19.8 Å². The molecule has 11 heteroatoms. The van der Waals surface area contributed by atoms with Crippen LogP contribution in [0.3, 0.4) is 0 Å². The minimum absolute atomic E-state index is 0.0355. The van der Waals surface area contributed by atoms with Crippen LogP contribution in [0, 0.1) is 29.1 Å². The van der Waals surface area contributed by atoms with Crippen LogP contribution in [0.1, 0.15) is 62.0 Å². The summed E-state index contributed by atoms with van der Waals surface area (Å²) in [6, 6.07) is 18.3. The van der Waals surface area contributed by atoms with Gasteiger partial charge in [0, 0.05) is 60.0 Å². The average Bonchev–Trinajstić information content (AvgIpc) is 3.51. The summed E-state index contributed by atoms with van der Waals surface area (Å²) in [5.74, 6) is 0.970. The molecular formula is C42H55ClN4O6. The Morgan fingerprint density at radius 3 is 2.47 bits per heavy atom. The first-order chi connectivity index (χ1) is 25.2. The first-order valence-electron chi connectivity index (χ1n) is 18.8. The van der Waals surface area contributed by atoms with Crippen molar-refractivity contribution in [2.45, 2.75) is 77.8 Å². The lowest BCUT2D eigenvalue weighted by molar-refractivity contribution is -0.183. The Hall–Kier alpha value is -3.67. The van der Waals surface area contributed by atoms with Crippen LogP contribution >= 0.6 is 11.6 Å². The van der Waals surface area contributed by atoms with Crippen molar-refractivity contribution < 1.29 is 29.4 Å². The molecule has 3 aromatic carbocycles. The Kier molecular flexibility index (Phi) is 11.8. The molecule has 1 heterocycles. The Bertz CT molecular complexity index is 1800. The molecule has 1 saturated heterocycles. The Balaban J connectivity index is 1.26. The molecule has 3 saturated carbocycles. The van der Waals surface area contributed by atoms with Gasteiger partial charge in [-0.05, 0) is 84.7 Å². The van der Waals surface area contributed by atoms with E-state index >= 15 is 0 Å². The van der Waals surface area contributed by atoms with Gasteiger partial charge >= 0.3 is 0 Å². The number of ether oxygens (including phenoxy) is 1. The highest BCUT2D eigenvalue weighted by Gasteiger charge is 2.57. The number of aliphatic hydroxyl groups excluding tert-OH is 2. The summed E-state index contributed by atoms with van der Waals surface area (Å²) in [6.07, 6.45) is 1.07. The number of hydrogen-bond donors (Lipinski definition) is 4. The maximum Gasteiger partial charge on any atom is 0.251 e. The van der Waals surface area contributed by atoms with E-state index in [2.05, 4.69) is 31.4 Å². The van der Waals surface area contributed by atoms with Crippen LogP contribution in [0.4, 0.5) is 5.69 Å². The van der Waals surface area contributed by atoms with Crippen molar-refractivity contribution in [3.05, 3.63) is 82.4 Å². The van der Waals surface area contributed by atoms with E-state index in [1.165, 1.54) is 6.42 Å². The normalized spacial score (nSPS) is 26.7. The number of carbonyl (C=O) groups excluding carboxylic acids is 2. The highest BCUT2D eigenvalue weighted by molar-refractivity contribution is 6.31. The van der Waals surface area contributed by atoms with Gasteiger partial charge in [-0.3, -0.25) is 14.4 Å². The molecule has 1 aliphatic heterocycles. The number of amides is 2. The van der Waals surface area contributed by atoms with Gasteiger partial charge in [0.05, 0.1) is 26.4 Å². The second kappa shape index (κ2) is 16.0. The third kappa shape index (κ3) is 7.80. The van der Waals surface area contributed by atoms with Crippen LogP contribution in [0.25, 0.3) is 11.1 Å². The summed E-state index contributed by atoms with van der Waals surface area (Å²) in [5, 5.41) is 29.9. The molecule has 2 bridgehead atoms. The van der Waals surface area contributed by atoms with Gasteiger partial charge in [-0.1, -0.05) is 68.8 Å². The summed E-state index contributed by atoms with van der Waals surface area (Å²) < 4.78 is 6.05. The van der Waals surface area contributed by atoms with Crippen LogP contribution in [0.2, 0.25) is 5.02 Å². The summed E-state index contributed by atoms with van der Waals surface area (Å²) in [6.45, 7) is 8.79. The third-order valence-electron chi connectivity index (χ3n) is 12.3. The lowest BCUT2D eigenvalue weighted by atomic mass is 9.45. The zero-order valence-electron chi connectivity index (χ0n) is 31.9. The summed E-state index contributed by atoms with van der Waals surface area (Å²) in [7, 11) is 5.45. The number of fused-ring (bicyclic) bond motifs is 2. The van der Waals surface area contributed by atoms with E-state index in [0.717, 1.165) is 34.4 Å². The molecule has 0 aromatic heterocycles. The Morgan fingerprint density at radius 1 is 1.09 bits per heavy atom.